The summed E-state index contributed by atoms with van der Waals surface area (Å²) in [6, 6.07) is 0. The number of nitrogens with one attached hydrogen (secondary N) is 1. The van der Waals surface area contributed by atoms with E-state index < -0.39 is 34.2 Å². The zero-order valence-corrected chi connectivity index (χ0v) is 19.5. The Morgan fingerprint density at radius 2 is 1.14 bits per heavy atom. The van der Waals surface area contributed by atoms with Gasteiger partial charge in [0.1, 0.15) is 0 Å². The molecule has 11 heteroatoms. The highest BCUT2D eigenvalue weighted by atomic mass is 28.5. The first-order chi connectivity index (χ1) is 9.80. The smallest absolute Gasteiger partial charge is 0.331 e. The minimum Gasteiger partial charge on any atom is -0.415 e. The zero-order chi connectivity index (χ0) is 17.7. The second kappa shape index (κ2) is 8.62. The summed E-state index contributed by atoms with van der Waals surface area (Å²) in [6.45, 7) is 14.5. The van der Waals surface area contributed by atoms with Crippen LogP contribution in [0.3, 0.4) is 0 Å². The van der Waals surface area contributed by atoms with Crippen molar-refractivity contribution < 1.29 is 21.2 Å². The van der Waals surface area contributed by atoms with Crippen molar-refractivity contribution in [1.29, 1.82) is 0 Å². The Kier molecular flexibility index (Phi) is 8.85. The predicted molar refractivity (Wildman–Crippen MR) is 98.4 cm³/mol. The number of hydrogen-bond donors (Lipinski definition) is 2. The van der Waals surface area contributed by atoms with E-state index in [0.717, 1.165) is 0 Å². The van der Waals surface area contributed by atoms with Crippen LogP contribution in [0.25, 0.3) is 0 Å². The van der Waals surface area contributed by atoms with Crippen molar-refractivity contribution in [2.45, 2.75) is 45.8 Å². The maximum atomic E-state index is 6.43. The molecule has 0 aliphatic rings. The Balaban J connectivity index is 5.11. The van der Waals surface area contributed by atoms with Gasteiger partial charge >= 0.3 is 34.2 Å². The van der Waals surface area contributed by atoms with Gasteiger partial charge in [-0.2, -0.15) is 0 Å². The lowest BCUT2D eigenvalue weighted by molar-refractivity contribution is 0.242. The van der Waals surface area contributed by atoms with Gasteiger partial charge in [0.25, 0.3) is 0 Å². The van der Waals surface area contributed by atoms with E-state index in [0.29, 0.717) is 12.8 Å². The highest BCUT2D eigenvalue weighted by molar-refractivity contribution is 6.88. The molecule has 0 fully saturated rings. The molecule has 7 nitrogen and oxygen atoms in total. The minimum atomic E-state index is -2.53. The Bertz CT molecular complexity index is 346. The lowest BCUT2D eigenvalue weighted by atomic mass is 11.1. The highest BCUT2D eigenvalue weighted by Gasteiger charge is 2.46. The van der Waals surface area contributed by atoms with Crippen LogP contribution in [0.1, 0.15) is 0 Å². The van der Waals surface area contributed by atoms with Gasteiger partial charge in [-0.1, -0.05) is 0 Å². The topological polar surface area (TPSA) is 84.2 Å². The summed E-state index contributed by atoms with van der Waals surface area (Å²) in [6.07, 6.45) is 0.595. The van der Waals surface area contributed by atoms with Gasteiger partial charge in [-0.3, -0.25) is 0 Å². The zero-order valence-electron chi connectivity index (χ0n) is 15.5. The lowest BCUT2D eigenvalue weighted by Crippen LogP contribution is -2.62. The third-order valence-electron chi connectivity index (χ3n) is 2.99. The van der Waals surface area contributed by atoms with E-state index in [9.17, 15) is 0 Å². The Morgan fingerprint density at radius 1 is 0.727 bits per heavy atom. The van der Waals surface area contributed by atoms with Crippen molar-refractivity contribution >= 4 is 34.2 Å². The molecular weight excluding hydrogens is 352 g/mol. The van der Waals surface area contributed by atoms with Crippen LogP contribution < -0.4 is 11.1 Å². The van der Waals surface area contributed by atoms with Crippen LogP contribution in [0, 0.1) is 0 Å². The third kappa shape index (κ3) is 9.02. The van der Waals surface area contributed by atoms with Gasteiger partial charge in [0, 0.05) is 27.1 Å². The maximum absolute atomic E-state index is 6.43. The molecule has 0 aliphatic heterocycles. The van der Waals surface area contributed by atoms with Gasteiger partial charge in [0.2, 0.25) is 0 Å². The van der Waals surface area contributed by atoms with E-state index in [-0.39, 0.29) is 0 Å². The molecule has 0 saturated carbocycles. The van der Waals surface area contributed by atoms with E-state index in [4.69, 9.17) is 26.9 Å². The molecule has 0 aromatic heterocycles. The molecule has 0 radical (unpaired) electrons. The van der Waals surface area contributed by atoms with Gasteiger partial charge in [0.15, 0.2) is 0 Å². The fourth-order valence-corrected chi connectivity index (χ4v) is 18.1. The van der Waals surface area contributed by atoms with Crippen molar-refractivity contribution in [2.24, 2.45) is 5.73 Å². The Morgan fingerprint density at radius 3 is 1.55 bits per heavy atom. The molecule has 22 heavy (non-hydrogen) atoms. The summed E-state index contributed by atoms with van der Waals surface area (Å²) in [5, 5.41) is 3.14. The normalized spacial score (nSPS) is 16.6. The molecule has 1 atom stereocenters. The van der Waals surface area contributed by atoms with Crippen molar-refractivity contribution in [1.82, 2.24) is 5.32 Å². The second-order valence-electron chi connectivity index (χ2n) is 6.68. The molecule has 0 amide bonds. The molecule has 0 aromatic rings. The number of hydrogen-bond acceptors (Lipinski definition) is 7. The Hall–Kier alpha value is 0.588. The van der Waals surface area contributed by atoms with Crippen molar-refractivity contribution in [3.63, 3.8) is 0 Å². The lowest BCUT2D eigenvalue weighted by Gasteiger charge is -2.41. The van der Waals surface area contributed by atoms with E-state index in [2.05, 4.69) is 5.32 Å². The minimum absolute atomic E-state index is 0.380. The van der Waals surface area contributed by atoms with Crippen LogP contribution in [0.4, 0.5) is 0 Å². The summed E-state index contributed by atoms with van der Waals surface area (Å²) in [4.78, 5) is 0. The molecule has 134 valence electrons. The summed E-state index contributed by atoms with van der Waals surface area (Å²) < 4.78 is 29.9. The molecule has 0 saturated heterocycles. The van der Waals surface area contributed by atoms with Crippen LogP contribution in [0.5, 0.6) is 0 Å². The van der Waals surface area contributed by atoms with Gasteiger partial charge in [-0.15, -0.1) is 0 Å². The summed E-state index contributed by atoms with van der Waals surface area (Å²) in [7, 11) is -5.96. The van der Waals surface area contributed by atoms with Gasteiger partial charge in [-0.05, 0) is 45.8 Å². The average molecular weight is 387 g/mol. The first kappa shape index (κ1) is 22.6. The average Bonchev–Trinajstić information content (AvgIpc) is 2.33. The molecular formula is C11H34N2O5Si4. The van der Waals surface area contributed by atoms with Crippen LogP contribution in [0.15, 0.2) is 0 Å². The fraction of sp³-hybridized carbons (Fsp3) is 1.00. The highest BCUT2D eigenvalue weighted by Crippen LogP contribution is 2.24. The molecule has 0 aliphatic carbocycles. The van der Waals surface area contributed by atoms with E-state index in [1.807, 2.05) is 45.8 Å². The molecule has 3 N–H and O–H groups in total. The van der Waals surface area contributed by atoms with Crippen LogP contribution in [0.2, 0.25) is 45.8 Å². The maximum Gasteiger partial charge on any atom is 0.331 e. The fourth-order valence-electron chi connectivity index (χ4n) is 2.13. The molecule has 0 heterocycles. The first-order valence-corrected chi connectivity index (χ1v) is 18.4. The van der Waals surface area contributed by atoms with Gasteiger partial charge in [0.05, 0.1) is 0 Å². The molecule has 0 aromatic carbocycles. The molecule has 0 rings (SSSR count). The Labute approximate surface area is 139 Å². The van der Waals surface area contributed by atoms with Gasteiger partial charge in [-0.25, -0.2) is 0 Å². The standard InChI is InChI=1S/C11H34N2O5Si4/c1-14-19(3,4)16-21(7,8)18-22(9,11-13-10-12)17-20(5,6)15-2/h13H,10-12H2,1-9H3. The van der Waals surface area contributed by atoms with E-state index in [1.54, 1.807) is 14.2 Å². The van der Waals surface area contributed by atoms with Gasteiger partial charge < -0.3 is 32.2 Å². The third-order valence-corrected chi connectivity index (χ3v) is 17.2. The molecule has 1 unspecified atom stereocenters. The molecule has 0 bridgehead atoms. The summed E-state index contributed by atoms with van der Waals surface area (Å²) in [5.41, 5.74) is 5.57. The first-order valence-electron chi connectivity index (χ1n) is 7.42. The quantitative estimate of drug-likeness (QED) is 0.411. The van der Waals surface area contributed by atoms with Crippen LogP contribution in [-0.4, -0.2) is 61.3 Å². The second-order valence-corrected chi connectivity index (χ2v) is 21.0. The molecule has 0 spiro atoms. The van der Waals surface area contributed by atoms with E-state index >= 15 is 0 Å². The van der Waals surface area contributed by atoms with E-state index in [1.165, 1.54) is 0 Å². The van der Waals surface area contributed by atoms with Crippen molar-refractivity contribution in [2.75, 3.05) is 27.1 Å². The number of rotatable bonds is 11. The van der Waals surface area contributed by atoms with Crippen molar-refractivity contribution in [3.05, 3.63) is 0 Å². The van der Waals surface area contributed by atoms with Crippen molar-refractivity contribution in [3.8, 4) is 0 Å². The summed E-state index contributed by atoms with van der Waals surface area (Å²) in [5.74, 6) is 0. The monoisotopic (exact) mass is 386 g/mol. The summed E-state index contributed by atoms with van der Waals surface area (Å²) >= 11 is 0. The van der Waals surface area contributed by atoms with Crippen LogP contribution >= 0.6 is 0 Å². The SMILES string of the molecule is CO[Si](C)(C)O[Si](C)(C)O[Si](C)(CNCN)O[Si](C)(C)OC. The largest absolute Gasteiger partial charge is 0.415 e. The predicted octanol–water partition coefficient (Wildman–Crippen LogP) is 1.55. The van der Waals surface area contributed by atoms with Crippen LogP contribution in [-0.2, 0) is 21.2 Å². The number of nitrogens with two attached hydrogens (primary N) is 1.